The summed E-state index contributed by atoms with van der Waals surface area (Å²) in [5.41, 5.74) is 5.72. The van der Waals surface area contributed by atoms with Crippen molar-refractivity contribution in [3.8, 4) is 5.69 Å². The Labute approximate surface area is 234 Å². The van der Waals surface area contributed by atoms with Gasteiger partial charge >= 0.3 is 0 Å². The van der Waals surface area contributed by atoms with E-state index in [0.29, 0.717) is 24.4 Å². The summed E-state index contributed by atoms with van der Waals surface area (Å²) in [7, 11) is -1.91. The van der Waals surface area contributed by atoms with E-state index in [1.165, 1.54) is 5.56 Å². The fourth-order valence-electron chi connectivity index (χ4n) is 6.00. The predicted octanol–water partition coefficient (Wildman–Crippen LogP) is 4.92. The van der Waals surface area contributed by atoms with Crippen LogP contribution in [0.5, 0.6) is 0 Å². The van der Waals surface area contributed by atoms with E-state index in [-0.39, 0.29) is 5.56 Å². The number of aromatic nitrogens is 3. The molecule has 6 rings (SSSR count). The van der Waals surface area contributed by atoms with Crippen LogP contribution in [0.2, 0.25) is 0 Å². The lowest BCUT2D eigenvalue weighted by atomic mass is 9.73. The van der Waals surface area contributed by atoms with Gasteiger partial charge < -0.3 is 4.57 Å². The molecule has 3 heterocycles. The van der Waals surface area contributed by atoms with E-state index in [0.717, 1.165) is 39.7 Å². The number of nitrogens with zero attached hydrogens (tertiary/aromatic N) is 4. The highest BCUT2D eigenvalue weighted by molar-refractivity contribution is 7.89. The average molecular weight is 553 g/mol. The van der Waals surface area contributed by atoms with Crippen molar-refractivity contribution in [1.29, 1.82) is 0 Å². The van der Waals surface area contributed by atoms with Gasteiger partial charge in [0.25, 0.3) is 0 Å². The fourth-order valence-corrected chi connectivity index (χ4v) is 7.53. The third kappa shape index (κ3) is 4.57. The molecule has 1 aliphatic heterocycles. The molecule has 0 bridgehead atoms. The van der Waals surface area contributed by atoms with Gasteiger partial charge in [-0.3, -0.25) is 4.79 Å². The number of hydrogen-bond donors (Lipinski definition) is 0. The number of benzene rings is 3. The Balaban J connectivity index is 1.44. The van der Waals surface area contributed by atoms with Gasteiger partial charge in [0, 0.05) is 43.2 Å². The first kappa shape index (κ1) is 26.2. The first-order chi connectivity index (χ1) is 19.2. The molecule has 0 saturated carbocycles. The molecule has 7 nitrogen and oxygen atoms in total. The number of hydrogen-bond acceptors (Lipinski definition) is 4. The highest BCUT2D eigenvalue weighted by Crippen LogP contribution is 2.42. The summed E-state index contributed by atoms with van der Waals surface area (Å²) < 4.78 is 32.5. The summed E-state index contributed by atoms with van der Waals surface area (Å²) in [6.45, 7) is 4.91. The monoisotopic (exact) mass is 552 g/mol. The number of aryl methyl sites for hydroxylation is 3. The summed E-state index contributed by atoms with van der Waals surface area (Å²) in [6, 6.07) is 25.0. The molecule has 8 heteroatoms. The molecule has 5 aromatic rings. The Kier molecular flexibility index (Phi) is 6.47. The maximum absolute atomic E-state index is 13.7. The van der Waals surface area contributed by atoms with Gasteiger partial charge in [0.15, 0.2) is 0 Å². The van der Waals surface area contributed by atoms with Crippen molar-refractivity contribution in [2.75, 3.05) is 13.1 Å². The Hall–Kier alpha value is -4.01. The maximum atomic E-state index is 13.7. The molecule has 2 aromatic heterocycles. The largest absolute Gasteiger partial charge is 0.316 e. The second kappa shape index (κ2) is 9.87. The Morgan fingerprint density at radius 1 is 0.950 bits per heavy atom. The quantitative estimate of drug-likeness (QED) is 0.300. The summed E-state index contributed by atoms with van der Waals surface area (Å²) in [4.78, 5) is 12.3. The third-order valence-electron chi connectivity index (χ3n) is 8.16. The van der Waals surface area contributed by atoms with Crippen LogP contribution in [0.1, 0.15) is 28.7 Å². The summed E-state index contributed by atoms with van der Waals surface area (Å²) in [5.74, 6) is 0. The van der Waals surface area contributed by atoms with Crippen molar-refractivity contribution < 1.29 is 8.42 Å². The molecular formula is C32H32N4O3S. The lowest BCUT2D eigenvalue weighted by Crippen LogP contribution is -2.36. The van der Waals surface area contributed by atoms with E-state index in [1.54, 1.807) is 46.4 Å². The van der Waals surface area contributed by atoms with Crippen molar-refractivity contribution in [2.24, 2.45) is 7.05 Å². The Bertz CT molecular complexity index is 1880. The van der Waals surface area contributed by atoms with Gasteiger partial charge in [0.05, 0.1) is 22.3 Å². The smallest absolute Gasteiger partial charge is 0.250 e. The Morgan fingerprint density at radius 2 is 1.70 bits per heavy atom. The van der Waals surface area contributed by atoms with Crippen LogP contribution < -0.4 is 5.56 Å². The van der Waals surface area contributed by atoms with E-state index < -0.39 is 15.4 Å². The van der Waals surface area contributed by atoms with E-state index in [2.05, 4.69) is 36.3 Å². The zero-order valence-electron chi connectivity index (χ0n) is 22.9. The molecule has 1 atom stereocenters. The van der Waals surface area contributed by atoms with Gasteiger partial charge in [-0.2, -0.15) is 9.40 Å². The minimum atomic E-state index is -3.63. The number of sulfonamides is 1. The van der Waals surface area contributed by atoms with Gasteiger partial charge in [0.2, 0.25) is 15.6 Å². The Morgan fingerprint density at radius 3 is 2.42 bits per heavy atom. The first-order valence-corrected chi connectivity index (χ1v) is 14.9. The molecule has 0 spiro atoms. The van der Waals surface area contributed by atoms with Crippen LogP contribution in [0, 0.1) is 13.8 Å². The first-order valence-electron chi connectivity index (χ1n) is 13.4. The highest BCUT2D eigenvalue weighted by atomic mass is 32.2. The topological polar surface area (TPSA) is 77.2 Å². The average Bonchev–Trinajstić information content (AvgIpc) is 3.56. The molecule has 1 saturated heterocycles. The molecule has 3 aromatic carbocycles. The standard InChI is InChI=1S/C32H32N4O3S/c1-23-9-12-28(13-10-23)40(38,39)35-16-15-32(22-35,19-25-7-5-4-6-8-25)29-18-26-20-33-36(30(26)17-24(29)2)27-11-14-31(37)34(3)21-27/h4-14,17-18,20-21H,15-16,19,22H2,1-3H3. The van der Waals surface area contributed by atoms with Crippen LogP contribution in [0.15, 0.2) is 101 Å². The number of pyridine rings is 1. The number of fused-ring (bicyclic) bond motifs is 1. The van der Waals surface area contributed by atoms with Crippen molar-refractivity contribution >= 4 is 20.9 Å². The number of rotatable bonds is 6. The van der Waals surface area contributed by atoms with Crippen LogP contribution in [0.3, 0.4) is 0 Å². The van der Waals surface area contributed by atoms with Gasteiger partial charge in [-0.05, 0) is 73.7 Å². The van der Waals surface area contributed by atoms with Crippen LogP contribution in [-0.2, 0) is 28.9 Å². The van der Waals surface area contributed by atoms with Crippen molar-refractivity contribution in [3.63, 3.8) is 0 Å². The highest BCUT2D eigenvalue weighted by Gasteiger charge is 2.45. The van der Waals surface area contributed by atoms with E-state index >= 15 is 0 Å². The third-order valence-corrected chi connectivity index (χ3v) is 10.0. The van der Waals surface area contributed by atoms with Crippen molar-refractivity contribution in [1.82, 2.24) is 18.7 Å². The van der Waals surface area contributed by atoms with E-state index in [4.69, 9.17) is 0 Å². The molecule has 1 aliphatic rings. The van der Waals surface area contributed by atoms with E-state index in [1.807, 2.05) is 48.1 Å². The van der Waals surface area contributed by atoms with Crippen LogP contribution in [0.25, 0.3) is 16.6 Å². The summed E-state index contributed by atoms with van der Waals surface area (Å²) in [6.07, 6.45) is 5.07. The molecule has 1 unspecified atom stereocenters. The van der Waals surface area contributed by atoms with Gasteiger partial charge in [0.1, 0.15) is 0 Å². The summed E-state index contributed by atoms with van der Waals surface area (Å²) in [5, 5.41) is 5.62. The van der Waals surface area contributed by atoms with Gasteiger partial charge in [-0.25, -0.2) is 13.1 Å². The lowest BCUT2D eigenvalue weighted by molar-refractivity contribution is 0.413. The second-order valence-corrected chi connectivity index (χ2v) is 12.9. The van der Waals surface area contributed by atoms with Crippen molar-refractivity contribution in [3.05, 3.63) is 124 Å². The lowest BCUT2D eigenvalue weighted by Gasteiger charge is -2.32. The van der Waals surface area contributed by atoms with Gasteiger partial charge in [-0.1, -0.05) is 48.0 Å². The van der Waals surface area contributed by atoms with Crippen LogP contribution >= 0.6 is 0 Å². The molecular weight excluding hydrogens is 520 g/mol. The molecule has 40 heavy (non-hydrogen) atoms. The molecule has 0 amide bonds. The SMILES string of the molecule is Cc1ccc(S(=O)(=O)N2CCC(Cc3ccccc3)(c3cc4cnn(-c5ccc(=O)n(C)c5)c4cc3C)C2)cc1. The molecule has 0 N–H and O–H groups in total. The summed E-state index contributed by atoms with van der Waals surface area (Å²) >= 11 is 0. The molecule has 0 radical (unpaired) electrons. The molecule has 0 aliphatic carbocycles. The normalized spacial score (nSPS) is 18.0. The maximum Gasteiger partial charge on any atom is 0.250 e. The minimum Gasteiger partial charge on any atom is -0.316 e. The molecule has 1 fully saturated rings. The second-order valence-electron chi connectivity index (χ2n) is 11.0. The zero-order chi connectivity index (χ0) is 28.1. The van der Waals surface area contributed by atoms with Crippen molar-refractivity contribution in [2.45, 2.75) is 37.0 Å². The minimum absolute atomic E-state index is 0.0760. The van der Waals surface area contributed by atoms with Gasteiger partial charge in [-0.15, -0.1) is 0 Å². The van der Waals surface area contributed by atoms with E-state index in [9.17, 15) is 13.2 Å². The molecule has 204 valence electrons. The fraction of sp³-hybridized carbons (Fsp3) is 0.250. The van der Waals surface area contributed by atoms with Crippen LogP contribution in [-0.4, -0.2) is 40.2 Å². The van der Waals surface area contributed by atoms with Crippen LogP contribution in [0.4, 0.5) is 0 Å². The predicted molar refractivity (Wildman–Crippen MR) is 157 cm³/mol. The zero-order valence-corrected chi connectivity index (χ0v) is 23.7.